The van der Waals surface area contributed by atoms with Gasteiger partial charge < -0.3 is 25.3 Å². The van der Waals surface area contributed by atoms with E-state index in [2.05, 4.69) is 25.8 Å². The molecule has 1 aromatic heterocycles. The summed E-state index contributed by atoms with van der Waals surface area (Å²) in [5, 5.41) is 9.09. The van der Waals surface area contributed by atoms with Gasteiger partial charge in [-0.15, -0.1) is 24.0 Å². The average Bonchev–Trinajstić information content (AvgIpc) is 3.28. The highest BCUT2D eigenvalue weighted by Crippen LogP contribution is 2.35. The van der Waals surface area contributed by atoms with E-state index in [4.69, 9.17) is 4.42 Å². The van der Waals surface area contributed by atoms with Crippen LogP contribution in [0, 0.1) is 5.41 Å². The number of carbonyl (C=O) groups is 2. The second-order valence-corrected chi connectivity index (χ2v) is 6.95. The molecule has 3 heterocycles. The Morgan fingerprint density at radius 2 is 2.30 bits per heavy atom. The number of carbonyl (C=O) groups excluding carboxylic acids is 2. The number of guanidine groups is 1. The van der Waals surface area contributed by atoms with Gasteiger partial charge in [0.15, 0.2) is 11.7 Å². The predicted molar refractivity (Wildman–Crippen MR) is 113 cm³/mol. The maximum absolute atomic E-state index is 11.9. The van der Waals surface area contributed by atoms with Crippen molar-refractivity contribution in [3.63, 3.8) is 0 Å². The first-order valence-corrected chi connectivity index (χ1v) is 9.23. The van der Waals surface area contributed by atoms with E-state index in [1.54, 1.807) is 12.1 Å². The van der Waals surface area contributed by atoms with Gasteiger partial charge in [0, 0.05) is 44.6 Å². The fourth-order valence-electron chi connectivity index (χ4n) is 3.68. The number of likely N-dealkylation sites (tertiary alicyclic amines) is 1. The fraction of sp³-hybridized carbons (Fsp3) is 0.611. The topological polar surface area (TPSA) is 99.0 Å². The van der Waals surface area contributed by atoms with Crippen LogP contribution in [0.3, 0.4) is 0 Å². The molecule has 0 radical (unpaired) electrons. The Morgan fingerprint density at radius 3 is 2.96 bits per heavy atom. The van der Waals surface area contributed by atoms with Crippen molar-refractivity contribution in [1.29, 1.82) is 0 Å². The lowest BCUT2D eigenvalue weighted by Crippen LogP contribution is -2.51. The van der Waals surface area contributed by atoms with Crippen molar-refractivity contribution >= 4 is 41.8 Å². The average molecular weight is 489 g/mol. The summed E-state index contributed by atoms with van der Waals surface area (Å²) in [6.07, 6.45) is 4.20. The first-order valence-electron chi connectivity index (χ1n) is 9.23. The van der Waals surface area contributed by atoms with Crippen molar-refractivity contribution in [2.45, 2.75) is 26.2 Å². The Kier molecular flexibility index (Phi) is 7.93. The normalized spacial score (nSPS) is 22.3. The van der Waals surface area contributed by atoms with E-state index in [0.717, 1.165) is 45.0 Å². The Balaban J connectivity index is 0.00000261. The van der Waals surface area contributed by atoms with Crippen LogP contribution in [0.4, 0.5) is 0 Å². The van der Waals surface area contributed by atoms with Gasteiger partial charge in [-0.05, 0) is 31.9 Å². The molecule has 3 rings (SSSR count). The van der Waals surface area contributed by atoms with Crippen LogP contribution >= 0.6 is 24.0 Å². The van der Waals surface area contributed by atoms with E-state index in [9.17, 15) is 9.59 Å². The highest BCUT2D eigenvalue weighted by molar-refractivity contribution is 14.0. The summed E-state index contributed by atoms with van der Waals surface area (Å²) < 4.78 is 5.07. The molecule has 2 aliphatic heterocycles. The number of piperidine rings is 1. The zero-order chi connectivity index (χ0) is 18.4. The number of rotatable bonds is 5. The third-order valence-corrected chi connectivity index (χ3v) is 4.90. The zero-order valence-corrected chi connectivity index (χ0v) is 18.0. The van der Waals surface area contributed by atoms with Gasteiger partial charge in [0.1, 0.15) is 0 Å². The van der Waals surface area contributed by atoms with E-state index >= 15 is 0 Å². The number of aliphatic imine (C=N–C) groups is 1. The molecule has 0 aliphatic carbocycles. The summed E-state index contributed by atoms with van der Waals surface area (Å²) >= 11 is 0. The molecular formula is C18H28IN5O3. The molecule has 1 unspecified atom stereocenters. The number of halogens is 1. The third-order valence-electron chi connectivity index (χ3n) is 4.90. The molecule has 2 aliphatic rings. The van der Waals surface area contributed by atoms with Crippen LogP contribution in [-0.2, 0) is 4.79 Å². The molecule has 1 aromatic rings. The van der Waals surface area contributed by atoms with E-state index in [1.807, 2.05) is 6.92 Å². The van der Waals surface area contributed by atoms with Crippen LogP contribution in [-0.4, -0.2) is 61.9 Å². The number of nitrogens with one attached hydrogen (secondary N) is 3. The number of furan rings is 1. The Bertz CT molecular complexity index is 664. The van der Waals surface area contributed by atoms with Gasteiger partial charge in [-0.25, -0.2) is 0 Å². The summed E-state index contributed by atoms with van der Waals surface area (Å²) in [6.45, 7) is 6.24. The van der Waals surface area contributed by atoms with Crippen LogP contribution in [0.1, 0.15) is 36.7 Å². The molecule has 1 atom stereocenters. The molecule has 27 heavy (non-hydrogen) atoms. The van der Waals surface area contributed by atoms with E-state index in [1.165, 1.54) is 6.26 Å². The quantitative estimate of drug-likeness (QED) is 0.250. The number of hydrogen-bond acceptors (Lipinski definition) is 4. The van der Waals surface area contributed by atoms with E-state index in [-0.39, 0.29) is 41.2 Å². The molecule has 0 bridgehead atoms. The van der Waals surface area contributed by atoms with Gasteiger partial charge >= 0.3 is 0 Å². The Labute approximate surface area is 176 Å². The highest BCUT2D eigenvalue weighted by atomic mass is 127. The van der Waals surface area contributed by atoms with Crippen LogP contribution in [0.5, 0.6) is 0 Å². The molecule has 0 aromatic carbocycles. The molecule has 3 N–H and O–H groups in total. The van der Waals surface area contributed by atoms with Gasteiger partial charge in [-0.1, -0.05) is 0 Å². The predicted octanol–water partition coefficient (Wildman–Crippen LogP) is 1.19. The Morgan fingerprint density at radius 1 is 1.44 bits per heavy atom. The molecular weight excluding hydrogens is 461 g/mol. The van der Waals surface area contributed by atoms with Crippen LogP contribution in [0.2, 0.25) is 0 Å². The molecule has 2 amide bonds. The van der Waals surface area contributed by atoms with Crippen LogP contribution < -0.4 is 16.0 Å². The molecule has 8 nitrogen and oxygen atoms in total. The van der Waals surface area contributed by atoms with Crippen molar-refractivity contribution in [2.24, 2.45) is 10.4 Å². The lowest BCUT2D eigenvalue weighted by Gasteiger charge is -2.40. The minimum Gasteiger partial charge on any atom is -0.459 e. The van der Waals surface area contributed by atoms with Gasteiger partial charge in [-0.3, -0.25) is 14.6 Å². The molecule has 0 saturated carbocycles. The van der Waals surface area contributed by atoms with Crippen molar-refractivity contribution in [2.75, 3.05) is 39.3 Å². The zero-order valence-electron chi connectivity index (χ0n) is 15.6. The SMILES string of the molecule is CCNC(=NCCNC(=O)c1ccco1)N1CCCC2(CNC(=O)C2)C1.I. The van der Waals surface area contributed by atoms with Gasteiger partial charge in [-0.2, -0.15) is 0 Å². The lowest BCUT2D eigenvalue weighted by atomic mass is 9.79. The number of nitrogens with zero attached hydrogens (tertiary/aromatic N) is 2. The van der Waals surface area contributed by atoms with Crippen molar-refractivity contribution in [1.82, 2.24) is 20.9 Å². The maximum Gasteiger partial charge on any atom is 0.287 e. The Hall–Kier alpha value is -1.78. The minimum atomic E-state index is -0.234. The van der Waals surface area contributed by atoms with E-state index < -0.39 is 0 Å². The largest absolute Gasteiger partial charge is 0.459 e. The molecule has 2 fully saturated rings. The molecule has 2 saturated heterocycles. The van der Waals surface area contributed by atoms with E-state index in [0.29, 0.717) is 25.3 Å². The van der Waals surface area contributed by atoms with Gasteiger partial charge in [0.2, 0.25) is 5.91 Å². The summed E-state index contributed by atoms with van der Waals surface area (Å²) in [5.74, 6) is 1.06. The monoisotopic (exact) mass is 489 g/mol. The number of amides is 2. The first-order chi connectivity index (χ1) is 12.6. The highest BCUT2D eigenvalue weighted by Gasteiger charge is 2.42. The summed E-state index contributed by atoms with van der Waals surface area (Å²) in [4.78, 5) is 30.4. The summed E-state index contributed by atoms with van der Waals surface area (Å²) in [7, 11) is 0. The fourth-order valence-corrected chi connectivity index (χ4v) is 3.68. The van der Waals surface area contributed by atoms with Crippen LogP contribution in [0.15, 0.2) is 27.8 Å². The van der Waals surface area contributed by atoms with Gasteiger partial charge in [0.05, 0.1) is 12.8 Å². The summed E-state index contributed by atoms with van der Waals surface area (Å²) in [5.41, 5.74) is 0.0268. The minimum absolute atomic E-state index is 0. The molecule has 9 heteroatoms. The van der Waals surface area contributed by atoms with Crippen molar-refractivity contribution in [3.05, 3.63) is 24.2 Å². The third kappa shape index (κ3) is 5.60. The molecule has 1 spiro atoms. The van der Waals surface area contributed by atoms with Crippen molar-refractivity contribution in [3.8, 4) is 0 Å². The second kappa shape index (κ2) is 9.95. The standard InChI is InChI=1S/C18H27N5O3.HI/c1-2-19-17(21-8-7-20-16(25)14-5-3-10-26-14)23-9-4-6-18(13-23)11-15(24)22-12-18;/h3,5,10H,2,4,6-9,11-13H2,1H3,(H,19,21)(H,20,25)(H,22,24);1H. The first kappa shape index (κ1) is 21.5. The smallest absolute Gasteiger partial charge is 0.287 e. The van der Waals surface area contributed by atoms with Crippen molar-refractivity contribution < 1.29 is 14.0 Å². The molecule has 150 valence electrons. The maximum atomic E-state index is 11.9. The summed E-state index contributed by atoms with van der Waals surface area (Å²) in [6, 6.07) is 3.32. The lowest BCUT2D eigenvalue weighted by molar-refractivity contribution is -0.119. The number of hydrogen-bond donors (Lipinski definition) is 3. The second-order valence-electron chi connectivity index (χ2n) is 6.95. The van der Waals surface area contributed by atoms with Gasteiger partial charge in [0.25, 0.3) is 5.91 Å². The van der Waals surface area contributed by atoms with Crippen LogP contribution in [0.25, 0.3) is 0 Å².